The Labute approximate surface area is 95.0 Å². The molecule has 0 fully saturated rings. The summed E-state index contributed by atoms with van der Waals surface area (Å²) in [5, 5.41) is 9.86. The Hall–Kier alpha value is -1.35. The molecule has 86 valence electrons. The second-order valence-corrected chi connectivity index (χ2v) is 4.21. The number of rotatable bonds is 1. The predicted molar refractivity (Wildman–Crippen MR) is 60.4 cm³/mol. The van der Waals surface area contributed by atoms with E-state index in [1.807, 2.05) is 13.0 Å². The van der Waals surface area contributed by atoms with Crippen LogP contribution in [-0.4, -0.2) is 18.2 Å². The number of carbonyl (C=O) groups is 1. The topological polar surface area (TPSA) is 46.5 Å². The summed E-state index contributed by atoms with van der Waals surface area (Å²) in [5.74, 6) is -0.305. The van der Waals surface area contributed by atoms with E-state index >= 15 is 0 Å². The zero-order valence-corrected chi connectivity index (χ0v) is 9.62. The summed E-state index contributed by atoms with van der Waals surface area (Å²) >= 11 is 0. The molecule has 0 radical (unpaired) electrons. The van der Waals surface area contributed by atoms with Crippen molar-refractivity contribution in [3.8, 4) is 0 Å². The van der Waals surface area contributed by atoms with Gasteiger partial charge in [-0.05, 0) is 48.9 Å². The quantitative estimate of drug-likeness (QED) is 0.738. The lowest BCUT2D eigenvalue weighted by atomic mass is 9.85. The van der Waals surface area contributed by atoms with Gasteiger partial charge in [0.05, 0.1) is 18.8 Å². The second kappa shape index (κ2) is 4.26. The Balaban J connectivity index is 2.51. The Morgan fingerprint density at radius 3 is 2.94 bits per heavy atom. The van der Waals surface area contributed by atoms with Crippen LogP contribution >= 0.6 is 0 Å². The highest BCUT2D eigenvalue weighted by molar-refractivity contribution is 5.91. The van der Waals surface area contributed by atoms with Gasteiger partial charge >= 0.3 is 5.97 Å². The number of benzene rings is 1. The molecule has 1 aromatic carbocycles. The monoisotopic (exact) mass is 220 g/mol. The molecule has 3 heteroatoms. The van der Waals surface area contributed by atoms with E-state index in [4.69, 9.17) is 4.74 Å². The van der Waals surface area contributed by atoms with Gasteiger partial charge in [0.1, 0.15) is 0 Å². The van der Waals surface area contributed by atoms with Crippen molar-refractivity contribution in [3.05, 3.63) is 34.4 Å². The van der Waals surface area contributed by atoms with Gasteiger partial charge in [-0.2, -0.15) is 0 Å². The summed E-state index contributed by atoms with van der Waals surface area (Å²) in [6, 6.07) is 3.59. The maximum absolute atomic E-state index is 11.5. The van der Waals surface area contributed by atoms with Crippen LogP contribution in [-0.2, 0) is 11.2 Å². The molecule has 16 heavy (non-hydrogen) atoms. The van der Waals surface area contributed by atoms with E-state index in [-0.39, 0.29) is 12.1 Å². The largest absolute Gasteiger partial charge is 0.465 e. The Kier molecular flexibility index (Phi) is 2.97. The first kappa shape index (κ1) is 11.1. The second-order valence-electron chi connectivity index (χ2n) is 4.21. The molecule has 0 spiro atoms. The third kappa shape index (κ3) is 1.71. The predicted octanol–water partition coefficient (Wildman–Crippen LogP) is 2.15. The van der Waals surface area contributed by atoms with Crippen LogP contribution in [0.25, 0.3) is 0 Å². The third-order valence-electron chi connectivity index (χ3n) is 3.30. The lowest BCUT2D eigenvalue weighted by molar-refractivity contribution is 0.0599. The molecule has 0 amide bonds. The smallest absolute Gasteiger partial charge is 0.338 e. The number of fused-ring (bicyclic) bond motifs is 1. The zero-order chi connectivity index (χ0) is 11.7. The summed E-state index contributed by atoms with van der Waals surface area (Å²) in [6.07, 6.45) is 2.33. The fraction of sp³-hybridized carbons (Fsp3) is 0.462. The van der Waals surface area contributed by atoms with Crippen LogP contribution in [0.15, 0.2) is 12.1 Å². The number of hydrogen-bond donors (Lipinski definition) is 1. The van der Waals surface area contributed by atoms with Gasteiger partial charge < -0.3 is 9.84 Å². The molecule has 1 unspecified atom stereocenters. The first-order chi connectivity index (χ1) is 7.65. The number of hydrogen-bond acceptors (Lipinski definition) is 3. The van der Waals surface area contributed by atoms with E-state index in [1.54, 1.807) is 6.07 Å². The van der Waals surface area contributed by atoms with Crippen molar-refractivity contribution in [1.29, 1.82) is 0 Å². The number of aliphatic hydroxyl groups is 1. The van der Waals surface area contributed by atoms with Crippen LogP contribution < -0.4 is 0 Å². The van der Waals surface area contributed by atoms with E-state index in [2.05, 4.69) is 0 Å². The molecule has 0 bridgehead atoms. The van der Waals surface area contributed by atoms with E-state index in [0.717, 1.165) is 36.0 Å². The van der Waals surface area contributed by atoms with Gasteiger partial charge in [0.25, 0.3) is 0 Å². The summed E-state index contributed by atoms with van der Waals surface area (Å²) < 4.78 is 4.73. The van der Waals surface area contributed by atoms with Crippen molar-refractivity contribution in [2.75, 3.05) is 7.11 Å². The molecular weight excluding hydrogens is 204 g/mol. The molecule has 0 saturated heterocycles. The summed E-state index contributed by atoms with van der Waals surface area (Å²) in [5.41, 5.74) is 3.64. The number of methoxy groups -OCH3 is 1. The minimum absolute atomic E-state index is 0.305. The fourth-order valence-electron chi connectivity index (χ4n) is 2.38. The van der Waals surface area contributed by atoms with Crippen molar-refractivity contribution in [3.63, 3.8) is 0 Å². The standard InChI is InChI=1S/C13H16O3/c1-8-9-4-3-5-12(14)11(9)7-6-10(8)13(15)16-2/h6-7,12,14H,3-5H2,1-2H3. The molecule has 1 N–H and O–H groups in total. The Morgan fingerprint density at radius 2 is 2.25 bits per heavy atom. The van der Waals surface area contributed by atoms with E-state index in [9.17, 15) is 9.90 Å². The number of aliphatic hydroxyl groups excluding tert-OH is 1. The van der Waals surface area contributed by atoms with Crippen molar-refractivity contribution in [2.45, 2.75) is 32.3 Å². The van der Waals surface area contributed by atoms with Crippen molar-refractivity contribution < 1.29 is 14.6 Å². The average molecular weight is 220 g/mol. The van der Waals surface area contributed by atoms with Crippen molar-refractivity contribution >= 4 is 5.97 Å². The maximum atomic E-state index is 11.5. The molecule has 3 nitrogen and oxygen atoms in total. The van der Waals surface area contributed by atoms with Gasteiger partial charge in [-0.3, -0.25) is 0 Å². The molecule has 0 aliphatic heterocycles. The number of carbonyl (C=O) groups excluding carboxylic acids is 1. The number of esters is 1. The lowest BCUT2D eigenvalue weighted by Gasteiger charge is -2.24. The van der Waals surface area contributed by atoms with Gasteiger partial charge in [0.2, 0.25) is 0 Å². The maximum Gasteiger partial charge on any atom is 0.338 e. The summed E-state index contributed by atoms with van der Waals surface area (Å²) in [6.45, 7) is 1.92. The molecule has 1 atom stereocenters. The van der Waals surface area contributed by atoms with Crippen molar-refractivity contribution in [2.24, 2.45) is 0 Å². The van der Waals surface area contributed by atoms with Crippen LogP contribution in [0.1, 0.15) is 46.0 Å². The highest BCUT2D eigenvalue weighted by Gasteiger charge is 2.22. The third-order valence-corrected chi connectivity index (χ3v) is 3.30. The molecular formula is C13H16O3. The van der Waals surface area contributed by atoms with E-state index < -0.39 is 0 Å². The molecule has 1 aromatic rings. The van der Waals surface area contributed by atoms with Crippen molar-refractivity contribution in [1.82, 2.24) is 0 Å². The Morgan fingerprint density at radius 1 is 1.50 bits per heavy atom. The number of ether oxygens (including phenoxy) is 1. The van der Waals surface area contributed by atoms with Gasteiger partial charge in [-0.1, -0.05) is 6.07 Å². The first-order valence-electron chi connectivity index (χ1n) is 5.54. The van der Waals surface area contributed by atoms with Gasteiger partial charge in [-0.25, -0.2) is 4.79 Å². The van der Waals surface area contributed by atoms with E-state index in [0.29, 0.717) is 5.56 Å². The fourth-order valence-corrected chi connectivity index (χ4v) is 2.38. The van der Waals surface area contributed by atoms with Crippen LogP contribution in [0, 0.1) is 6.92 Å². The lowest BCUT2D eigenvalue weighted by Crippen LogP contribution is -2.14. The minimum atomic E-state index is -0.380. The molecule has 0 saturated carbocycles. The SMILES string of the molecule is COC(=O)c1ccc2c(c1C)CCCC2O. The minimum Gasteiger partial charge on any atom is -0.465 e. The summed E-state index contributed by atoms with van der Waals surface area (Å²) in [4.78, 5) is 11.5. The summed E-state index contributed by atoms with van der Waals surface area (Å²) in [7, 11) is 1.38. The van der Waals surface area contributed by atoms with Crippen LogP contribution in [0.2, 0.25) is 0 Å². The van der Waals surface area contributed by atoms with Crippen LogP contribution in [0.3, 0.4) is 0 Å². The van der Waals surface area contributed by atoms with Gasteiger partial charge in [0, 0.05) is 0 Å². The highest BCUT2D eigenvalue weighted by atomic mass is 16.5. The first-order valence-corrected chi connectivity index (χ1v) is 5.54. The normalized spacial score (nSPS) is 19.1. The Bertz CT molecular complexity index is 423. The highest BCUT2D eigenvalue weighted by Crippen LogP contribution is 2.32. The zero-order valence-electron chi connectivity index (χ0n) is 9.62. The molecule has 1 aliphatic carbocycles. The molecule has 2 rings (SSSR count). The van der Waals surface area contributed by atoms with Gasteiger partial charge in [-0.15, -0.1) is 0 Å². The van der Waals surface area contributed by atoms with E-state index in [1.165, 1.54) is 7.11 Å². The molecule has 1 aliphatic rings. The molecule has 0 heterocycles. The van der Waals surface area contributed by atoms with Crippen LogP contribution in [0.4, 0.5) is 0 Å². The van der Waals surface area contributed by atoms with Gasteiger partial charge in [0.15, 0.2) is 0 Å². The molecule has 0 aromatic heterocycles. The average Bonchev–Trinajstić information content (AvgIpc) is 2.30. The van der Waals surface area contributed by atoms with Crippen LogP contribution in [0.5, 0.6) is 0 Å².